The van der Waals surface area contributed by atoms with E-state index in [1.807, 2.05) is 30.3 Å². The van der Waals surface area contributed by atoms with Crippen molar-refractivity contribution in [1.82, 2.24) is 9.80 Å². The quantitative estimate of drug-likeness (QED) is 0.766. The highest BCUT2D eigenvalue weighted by atomic mass is 32.2. The number of likely N-dealkylation sites (N-methyl/N-ethyl adjacent to an activating group) is 1. The van der Waals surface area contributed by atoms with Crippen molar-refractivity contribution in [2.45, 2.75) is 16.7 Å². The van der Waals surface area contributed by atoms with Crippen molar-refractivity contribution in [2.24, 2.45) is 0 Å². The van der Waals surface area contributed by atoms with E-state index >= 15 is 0 Å². The van der Waals surface area contributed by atoms with Gasteiger partial charge in [-0.1, -0.05) is 18.2 Å². The Kier molecular flexibility index (Phi) is 5.33. The van der Waals surface area contributed by atoms with E-state index in [4.69, 9.17) is 4.74 Å². The first-order valence-corrected chi connectivity index (χ1v) is 11.0. The second-order valence-corrected chi connectivity index (χ2v) is 9.27. The van der Waals surface area contributed by atoms with Crippen LogP contribution in [0.2, 0.25) is 0 Å². The molecule has 3 atom stereocenters. The maximum absolute atomic E-state index is 13.0. The van der Waals surface area contributed by atoms with Crippen molar-refractivity contribution >= 4 is 41.2 Å². The molecule has 6 nitrogen and oxygen atoms in total. The average molecular weight is 394 g/mol. The lowest BCUT2D eigenvalue weighted by molar-refractivity contribution is -0.117. The van der Waals surface area contributed by atoms with Crippen molar-refractivity contribution in [3.8, 4) is 0 Å². The zero-order valence-electron chi connectivity index (χ0n) is 14.7. The molecule has 140 valence electrons. The predicted molar refractivity (Wildman–Crippen MR) is 106 cm³/mol. The number of carbonyl (C=O) groups excluding carboxylic acids is 2. The van der Waals surface area contributed by atoms with Gasteiger partial charge in [0.15, 0.2) is 6.23 Å². The van der Waals surface area contributed by atoms with Crippen LogP contribution in [0.1, 0.15) is 0 Å². The van der Waals surface area contributed by atoms with Crippen LogP contribution in [0.25, 0.3) is 0 Å². The zero-order valence-corrected chi connectivity index (χ0v) is 16.4. The molecule has 0 N–H and O–H groups in total. The Hall–Kier alpha value is -1.38. The van der Waals surface area contributed by atoms with Crippen LogP contribution in [0.4, 0.5) is 10.5 Å². The van der Waals surface area contributed by atoms with Crippen molar-refractivity contribution in [3.63, 3.8) is 0 Å². The Labute approximate surface area is 162 Å². The summed E-state index contributed by atoms with van der Waals surface area (Å²) in [5, 5.41) is -0.155. The Morgan fingerprint density at radius 3 is 2.50 bits per heavy atom. The lowest BCUT2D eigenvalue weighted by Gasteiger charge is -2.35. The summed E-state index contributed by atoms with van der Waals surface area (Å²) in [6.07, 6.45) is -0.853. The Balaban J connectivity index is 1.56. The van der Waals surface area contributed by atoms with Gasteiger partial charge in [-0.25, -0.2) is 4.79 Å². The molecule has 0 aliphatic carbocycles. The minimum atomic E-state index is -0.542. The van der Waals surface area contributed by atoms with Crippen molar-refractivity contribution in [2.75, 3.05) is 49.6 Å². The van der Waals surface area contributed by atoms with Gasteiger partial charge in [0.05, 0.1) is 5.25 Å². The number of benzene rings is 1. The molecule has 1 aromatic rings. The van der Waals surface area contributed by atoms with E-state index in [0.717, 1.165) is 30.3 Å². The number of ether oxygens (including phenoxy) is 1. The van der Waals surface area contributed by atoms with Gasteiger partial charge in [-0.3, -0.25) is 9.69 Å². The molecule has 26 heavy (non-hydrogen) atoms. The van der Waals surface area contributed by atoms with E-state index in [-0.39, 0.29) is 22.5 Å². The maximum Gasteiger partial charge on any atom is 0.411 e. The summed E-state index contributed by atoms with van der Waals surface area (Å²) >= 11 is 3.43. The van der Waals surface area contributed by atoms with Crippen LogP contribution in [0.3, 0.4) is 0 Å². The number of anilines is 1. The van der Waals surface area contributed by atoms with Gasteiger partial charge in [0.2, 0.25) is 5.91 Å². The molecular formula is C18H23N3O3S2. The van der Waals surface area contributed by atoms with Gasteiger partial charge in [0, 0.05) is 43.4 Å². The zero-order chi connectivity index (χ0) is 18.1. The lowest BCUT2D eigenvalue weighted by atomic mass is 10.3. The first-order valence-electron chi connectivity index (χ1n) is 8.90. The minimum absolute atomic E-state index is 0.0159. The third-order valence-electron chi connectivity index (χ3n) is 5.02. The number of para-hydroxylation sites is 1. The van der Waals surface area contributed by atoms with Crippen LogP contribution in [-0.2, 0) is 9.53 Å². The van der Waals surface area contributed by atoms with Gasteiger partial charge < -0.3 is 14.5 Å². The molecule has 3 saturated heterocycles. The third kappa shape index (κ3) is 3.42. The van der Waals surface area contributed by atoms with E-state index in [0.29, 0.717) is 13.1 Å². The molecule has 0 saturated carbocycles. The molecule has 3 unspecified atom stereocenters. The summed E-state index contributed by atoms with van der Waals surface area (Å²) in [5.41, 5.74) is 0.796. The molecule has 3 fully saturated rings. The minimum Gasteiger partial charge on any atom is -0.424 e. The van der Waals surface area contributed by atoms with Crippen molar-refractivity contribution in [1.29, 1.82) is 0 Å². The van der Waals surface area contributed by atoms with E-state index in [1.54, 1.807) is 33.3 Å². The topological polar surface area (TPSA) is 53.1 Å². The monoisotopic (exact) mass is 393 g/mol. The highest BCUT2D eigenvalue weighted by Gasteiger charge is 2.53. The predicted octanol–water partition coefficient (Wildman–Crippen LogP) is 1.96. The fourth-order valence-electron chi connectivity index (χ4n) is 3.54. The normalized spacial score (nSPS) is 29.6. The molecular weight excluding hydrogens is 370 g/mol. The summed E-state index contributed by atoms with van der Waals surface area (Å²) < 4.78 is 5.93. The SMILES string of the molecule is CN1CCN(C(=O)OC2C3SCCSC3C(=O)N2c2ccccc2)CC1. The van der Waals surface area contributed by atoms with Crippen LogP contribution in [0, 0.1) is 0 Å². The molecule has 0 aromatic heterocycles. The van der Waals surface area contributed by atoms with Crippen LogP contribution < -0.4 is 4.90 Å². The van der Waals surface area contributed by atoms with Crippen LogP contribution in [-0.4, -0.2) is 83.3 Å². The molecule has 1 aromatic carbocycles. The van der Waals surface area contributed by atoms with Crippen molar-refractivity contribution in [3.05, 3.63) is 30.3 Å². The van der Waals surface area contributed by atoms with E-state index < -0.39 is 6.23 Å². The van der Waals surface area contributed by atoms with Crippen molar-refractivity contribution < 1.29 is 14.3 Å². The summed E-state index contributed by atoms with van der Waals surface area (Å²) in [7, 11) is 2.05. The van der Waals surface area contributed by atoms with Crippen LogP contribution >= 0.6 is 23.5 Å². The Bertz CT molecular complexity index is 667. The molecule has 3 aliphatic rings. The van der Waals surface area contributed by atoms with Gasteiger partial charge in [0.25, 0.3) is 0 Å². The lowest BCUT2D eigenvalue weighted by Crippen LogP contribution is -2.50. The number of fused-ring (bicyclic) bond motifs is 1. The van der Waals surface area contributed by atoms with Gasteiger partial charge in [0.1, 0.15) is 5.25 Å². The summed E-state index contributed by atoms with van der Waals surface area (Å²) in [5.74, 6) is 1.98. The number of thioether (sulfide) groups is 2. The van der Waals surface area contributed by atoms with E-state index in [1.165, 1.54) is 0 Å². The summed E-state index contributed by atoms with van der Waals surface area (Å²) in [6, 6.07) is 9.54. The Morgan fingerprint density at radius 2 is 1.77 bits per heavy atom. The van der Waals surface area contributed by atoms with E-state index in [2.05, 4.69) is 11.9 Å². The molecule has 2 amide bonds. The van der Waals surface area contributed by atoms with Crippen LogP contribution in [0.5, 0.6) is 0 Å². The number of hydrogen-bond acceptors (Lipinski definition) is 6. The molecule has 8 heteroatoms. The highest BCUT2D eigenvalue weighted by molar-refractivity contribution is 8.07. The fraction of sp³-hybridized carbons (Fsp3) is 0.556. The molecule has 0 radical (unpaired) electrons. The first kappa shape index (κ1) is 18.0. The second kappa shape index (κ2) is 7.70. The molecule has 3 heterocycles. The number of piperazine rings is 1. The average Bonchev–Trinajstić information content (AvgIpc) is 2.95. The number of hydrogen-bond donors (Lipinski definition) is 0. The smallest absolute Gasteiger partial charge is 0.411 e. The molecule has 4 rings (SSSR count). The number of carbonyl (C=O) groups is 2. The fourth-order valence-corrected chi connectivity index (χ4v) is 6.52. The van der Waals surface area contributed by atoms with E-state index in [9.17, 15) is 9.59 Å². The number of rotatable bonds is 2. The standard InChI is InChI=1S/C18H23N3O3S2/c1-19-7-9-20(10-8-19)18(23)24-17-15-14(25-11-12-26-15)16(22)21(17)13-5-3-2-4-6-13/h2-6,14-15,17H,7-12H2,1H3. The van der Waals surface area contributed by atoms with Gasteiger partial charge >= 0.3 is 6.09 Å². The Morgan fingerprint density at radius 1 is 1.08 bits per heavy atom. The number of amides is 2. The largest absolute Gasteiger partial charge is 0.424 e. The third-order valence-corrected chi connectivity index (χ3v) is 8.08. The second-order valence-electron chi connectivity index (χ2n) is 6.74. The summed E-state index contributed by atoms with van der Waals surface area (Å²) in [6.45, 7) is 3.02. The number of nitrogens with zero attached hydrogens (tertiary/aromatic N) is 3. The summed E-state index contributed by atoms with van der Waals surface area (Å²) in [4.78, 5) is 31.4. The molecule has 0 bridgehead atoms. The maximum atomic E-state index is 13.0. The van der Waals surface area contributed by atoms with Crippen LogP contribution in [0.15, 0.2) is 30.3 Å². The van der Waals surface area contributed by atoms with Gasteiger partial charge in [-0.2, -0.15) is 11.8 Å². The van der Waals surface area contributed by atoms with Gasteiger partial charge in [-0.15, -0.1) is 11.8 Å². The van der Waals surface area contributed by atoms with Gasteiger partial charge in [-0.05, 0) is 19.2 Å². The highest BCUT2D eigenvalue weighted by Crippen LogP contribution is 2.43. The molecule has 0 spiro atoms. The molecule has 3 aliphatic heterocycles. The first-order chi connectivity index (χ1) is 12.6.